The second kappa shape index (κ2) is 3.84. The fourth-order valence-electron chi connectivity index (χ4n) is 1.75. The van der Waals surface area contributed by atoms with Crippen molar-refractivity contribution in [1.29, 1.82) is 0 Å². The standard InChI is InChI=1S/C9H12F3N3/c10-9(11,12)7-4-14-15(5-7)6-8-2-1-3-13-8/h4-5,8,13H,1-3,6H2. The maximum absolute atomic E-state index is 12.2. The van der Waals surface area contributed by atoms with E-state index < -0.39 is 11.7 Å². The van der Waals surface area contributed by atoms with Crippen LogP contribution in [0.2, 0.25) is 0 Å². The van der Waals surface area contributed by atoms with Gasteiger partial charge in [-0.3, -0.25) is 4.68 Å². The Labute approximate surface area is 85.3 Å². The van der Waals surface area contributed by atoms with Crippen LogP contribution in [0.3, 0.4) is 0 Å². The molecule has 0 amide bonds. The summed E-state index contributed by atoms with van der Waals surface area (Å²) in [7, 11) is 0. The zero-order valence-corrected chi connectivity index (χ0v) is 8.09. The molecule has 1 aliphatic rings. The number of hydrogen-bond acceptors (Lipinski definition) is 2. The molecule has 1 aliphatic heterocycles. The first-order valence-corrected chi connectivity index (χ1v) is 4.89. The van der Waals surface area contributed by atoms with Gasteiger partial charge in [-0.1, -0.05) is 0 Å². The summed E-state index contributed by atoms with van der Waals surface area (Å²) in [5, 5.41) is 6.91. The van der Waals surface area contributed by atoms with Crippen molar-refractivity contribution in [2.24, 2.45) is 0 Å². The van der Waals surface area contributed by atoms with Crippen LogP contribution in [0, 0.1) is 0 Å². The molecule has 0 aliphatic carbocycles. The van der Waals surface area contributed by atoms with Crippen molar-refractivity contribution in [3.05, 3.63) is 18.0 Å². The Morgan fingerprint density at radius 3 is 2.87 bits per heavy atom. The molecule has 0 saturated carbocycles. The Hall–Kier alpha value is -1.04. The molecule has 2 rings (SSSR count). The molecule has 3 nitrogen and oxygen atoms in total. The summed E-state index contributed by atoms with van der Waals surface area (Å²) in [5.41, 5.74) is -0.680. The third-order valence-electron chi connectivity index (χ3n) is 2.53. The number of nitrogens with one attached hydrogen (secondary N) is 1. The molecule has 2 heterocycles. The monoisotopic (exact) mass is 219 g/mol. The van der Waals surface area contributed by atoms with Crippen LogP contribution < -0.4 is 5.32 Å². The largest absolute Gasteiger partial charge is 0.419 e. The third-order valence-corrected chi connectivity index (χ3v) is 2.53. The highest BCUT2D eigenvalue weighted by molar-refractivity contribution is 5.08. The molecule has 1 unspecified atom stereocenters. The van der Waals surface area contributed by atoms with Crippen LogP contribution in [-0.4, -0.2) is 22.4 Å². The first-order chi connectivity index (χ1) is 7.05. The van der Waals surface area contributed by atoms with E-state index in [1.54, 1.807) is 0 Å². The number of halogens is 3. The van der Waals surface area contributed by atoms with Crippen molar-refractivity contribution in [3.63, 3.8) is 0 Å². The summed E-state index contributed by atoms with van der Waals surface area (Å²) >= 11 is 0. The van der Waals surface area contributed by atoms with Gasteiger partial charge in [-0.25, -0.2) is 0 Å². The van der Waals surface area contributed by atoms with Gasteiger partial charge in [-0.15, -0.1) is 0 Å². The Morgan fingerprint density at radius 2 is 2.33 bits per heavy atom. The normalized spacial score (nSPS) is 22.2. The lowest BCUT2D eigenvalue weighted by Gasteiger charge is -2.09. The number of aromatic nitrogens is 2. The van der Waals surface area contributed by atoms with E-state index in [1.165, 1.54) is 4.68 Å². The highest BCUT2D eigenvalue weighted by atomic mass is 19.4. The van der Waals surface area contributed by atoms with E-state index in [4.69, 9.17) is 0 Å². The van der Waals surface area contributed by atoms with Crippen LogP contribution >= 0.6 is 0 Å². The van der Waals surface area contributed by atoms with E-state index >= 15 is 0 Å². The van der Waals surface area contributed by atoms with Crippen molar-refractivity contribution in [3.8, 4) is 0 Å². The first-order valence-electron chi connectivity index (χ1n) is 4.89. The van der Waals surface area contributed by atoms with E-state index in [2.05, 4.69) is 10.4 Å². The maximum atomic E-state index is 12.2. The smallest absolute Gasteiger partial charge is 0.312 e. The van der Waals surface area contributed by atoms with E-state index in [1.807, 2.05) is 0 Å². The number of rotatable bonds is 2. The minimum atomic E-state index is -4.29. The Bertz CT molecular complexity index is 326. The minimum absolute atomic E-state index is 0.256. The lowest BCUT2D eigenvalue weighted by Crippen LogP contribution is -2.26. The molecule has 1 saturated heterocycles. The SMILES string of the molecule is FC(F)(F)c1cnn(CC2CCCN2)c1. The maximum Gasteiger partial charge on any atom is 0.419 e. The average molecular weight is 219 g/mol. The molecule has 1 aromatic rings. The molecule has 6 heteroatoms. The predicted molar refractivity (Wildman–Crippen MR) is 48.3 cm³/mol. The molecule has 0 aromatic carbocycles. The highest BCUT2D eigenvalue weighted by Crippen LogP contribution is 2.28. The summed E-state index contributed by atoms with van der Waals surface area (Å²) in [4.78, 5) is 0. The molecule has 1 fully saturated rings. The molecule has 1 aromatic heterocycles. The molecule has 15 heavy (non-hydrogen) atoms. The van der Waals surface area contributed by atoms with Gasteiger partial charge in [-0.2, -0.15) is 18.3 Å². The summed E-state index contributed by atoms with van der Waals surface area (Å²) in [6.45, 7) is 1.45. The van der Waals surface area contributed by atoms with Gasteiger partial charge < -0.3 is 5.32 Å². The molecular formula is C9H12F3N3. The summed E-state index contributed by atoms with van der Waals surface area (Å²) in [5.74, 6) is 0. The molecule has 0 bridgehead atoms. The fraction of sp³-hybridized carbons (Fsp3) is 0.667. The first kappa shape index (κ1) is 10.5. The second-order valence-corrected chi connectivity index (χ2v) is 3.74. The molecule has 84 valence electrons. The zero-order valence-electron chi connectivity index (χ0n) is 8.09. The number of hydrogen-bond donors (Lipinski definition) is 1. The van der Waals surface area contributed by atoms with Crippen molar-refractivity contribution >= 4 is 0 Å². The van der Waals surface area contributed by atoms with Crippen molar-refractivity contribution in [1.82, 2.24) is 15.1 Å². The third kappa shape index (κ3) is 2.50. The van der Waals surface area contributed by atoms with Gasteiger partial charge in [0.05, 0.1) is 18.3 Å². The molecule has 1 N–H and O–H groups in total. The van der Waals surface area contributed by atoms with Crippen LogP contribution in [0.5, 0.6) is 0 Å². The van der Waals surface area contributed by atoms with E-state index in [9.17, 15) is 13.2 Å². The topological polar surface area (TPSA) is 29.9 Å². The van der Waals surface area contributed by atoms with E-state index in [-0.39, 0.29) is 6.04 Å². The van der Waals surface area contributed by atoms with Gasteiger partial charge in [0.25, 0.3) is 0 Å². The highest BCUT2D eigenvalue weighted by Gasteiger charge is 2.32. The minimum Gasteiger partial charge on any atom is -0.312 e. The molecular weight excluding hydrogens is 207 g/mol. The second-order valence-electron chi connectivity index (χ2n) is 3.74. The molecule has 1 atom stereocenters. The molecule has 0 spiro atoms. The van der Waals surface area contributed by atoms with Crippen molar-refractivity contribution < 1.29 is 13.2 Å². The summed E-state index contributed by atoms with van der Waals surface area (Å²) in [6, 6.07) is 0.256. The van der Waals surface area contributed by atoms with Crippen LogP contribution in [0.4, 0.5) is 13.2 Å². The van der Waals surface area contributed by atoms with E-state index in [0.717, 1.165) is 31.8 Å². The number of alkyl halides is 3. The lowest BCUT2D eigenvalue weighted by atomic mass is 10.2. The van der Waals surface area contributed by atoms with Gasteiger partial charge >= 0.3 is 6.18 Å². The van der Waals surface area contributed by atoms with Gasteiger partial charge in [0.1, 0.15) is 0 Å². The van der Waals surface area contributed by atoms with Crippen LogP contribution in [0.15, 0.2) is 12.4 Å². The average Bonchev–Trinajstić information content (AvgIpc) is 2.73. The zero-order chi connectivity index (χ0) is 10.9. The van der Waals surface area contributed by atoms with E-state index in [0.29, 0.717) is 6.54 Å². The summed E-state index contributed by atoms with van der Waals surface area (Å²) < 4.78 is 38.1. The Kier molecular flexibility index (Phi) is 2.68. The fourth-order valence-corrected chi connectivity index (χ4v) is 1.75. The predicted octanol–water partition coefficient (Wildman–Crippen LogP) is 1.65. The quantitative estimate of drug-likeness (QED) is 0.819. The van der Waals surface area contributed by atoms with Crippen LogP contribution in [0.25, 0.3) is 0 Å². The van der Waals surface area contributed by atoms with Gasteiger partial charge in [0.15, 0.2) is 0 Å². The number of nitrogens with zero attached hydrogens (tertiary/aromatic N) is 2. The van der Waals surface area contributed by atoms with Crippen molar-refractivity contribution in [2.75, 3.05) is 6.54 Å². The lowest BCUT2D eigenvalue weighted by molar-refractivity contribution is -0.137. The molecule has 0 radical (unpaired) electrons. The Morgan fingerprint density at radius 1 is 1.53 bits per heavy atom. The van der Waals surface area contributed by atoms with Crippen molar-refractivity contribution in [2.45, 2.75) is 31.6 Å². The van der Waals surface area contributed by atoms with Gasteiger partial charge in [0, 0.05) is 12.2 Å². The Balaban J connectivity index is 2.00. The van der Waals surface area contributed by atoms with Gasteiger partial charge in [-0.05, 0) is 19.4 Å². The summed E-state index contributed by atoms with van der Waals surface area (Å²) in [6.07, 6.45) is -0.282. The van der Waals surface area contributed by atoms with Crippen LogP contribution in [-0.2, 0) is 12.7 Å². The van der Waals surface area contributed by atoms with Gasteiger partial charge in [0.2, 0.25) is 0 Å². The van der Waals surface area contributed by atoms with Crippen LogP contribution in [0.1, 0.15) is 18.4 Å².